The minimum Gasteiger partial charge on any atom is -0.301 e. The summed E-state index contributed by atoms with van der Waals surface area (Å²) in [5.41, 5.74) is 0. The quantitative estimate of drug-likeness (QED) is 0.724. The monoisotopic (exact) mass is 211 g/mol. The molecule has 14 heavy (non-hydrogen) atoms. The van der Waals surface area contributed by atoms with E-state index in [0.29, 0.717) is 6.04 Å². The van der Waals surface area contributed by atoms with Gasteiger partial charge in [0, 0.05) is 6.04 Å². The maximum Gasteiger partial charge on any atom is 0.195 e. The molecular weight excluding hydrogens is 194 g/mol. The number of nitrogens with zero attached hydrogens (tertiary/aromatic N) is 2. The van der Waals surface area contributed by atoms with Crippen molar-refractivity contribution in [2.24, 2.45) is 5.92 Å². The predicted molar refractivity (Wildman–Crippen MR) is 58.8 cm³/mol. The van der Waals surface area contributed by atoms with Crippen molar-refractivity contribution in [1.29, 1.82) is 0 Å². The highest BCUT2D eigenvalue weighted by Gasteiger charge is 2.22. The van der Waals surface area contributed by atoms with Crippen LogP contribution in [0, 0.1) is 17.6 Å². The molecule has 1 aliphatic rings. The molecule has 1 aromatic rings. The molecule has 0 unspecified atom stereocenters. The molecule has 0 aliphatic heterocycles. The van der Waals surface area contributed by atoms with Gasteiger partial charge in [-0.25, -0.2) is 0 Å². The summed E-state index contributed by atoms with van der Waals surface area (Å²) < 4.78 is 2.96. The van der Waals surface area contributed by atoms with Crippen molar-refractivity contribution in [3.05, 3.63) is 10.6 Å². The summed E-state index contributed by atoms with van der Waals surface area (Å²) in [6.45, 7) is 4.34. The first-order chi connectivity index (χ1) is 6.68. The van der Waals surface area contributed by atoms with Crippen LogP contribution in [0.2, 0.25) is 0 Å². The minimum absolute atomic E-state index is 0.574. The third kappa shape index (κ3) is 1.75. The van der Waals surface area contributed by atoms with Gasteiger partial charge in [0.2, 0.25) is 0 Å². The minimum atomic E-state index is 0.574. The first kappa shape index (κ1) is 9.90. The van der Waals surface area contributed by atoms with Crippen molar-refractivity contribution in [2.45, 2.75) is 45.6 Å². The lowest BCUT2D eigenvalue weighted by Gasteiger charge is -2.28. The highest BCUT2D eigenvalue weighted by Crippen LogP contribution is 2.32. The number of aromatic amines is 1. The maximum absolute atomic E-state index is 5.24. The van der Waals surface area contributed by atoms with Crippen molar-refractivity contribution < 1.29 is 0 Å². The molecule has 0 radical (unpaired) electrons. The van der Waals surface area contributed by atoms with E-state index in [2.05, 4.69) is 21.7 Å². The number of hydrogen-bond donors (Lipinski definition) is 1. The Morgan fingerprint density at radius 1 is 1.50 bits per heavy atom. The molecule has 2 rings (SSSR count). The van der Waals surface area contributed by atoms with Crippen LogP contribution in [0.5, 0.6) is 0 Å². The van der Waals surface area contributed by atoms with Crippen LogP contribution >= 0.6 is 12.2 Å². The fourth-order valence-electron chi connectivity index (χ4n) is 2.45. The van der Waals surface area contributed by atoms with Gasteiger partial charge in [0.05, 0.1) is 0 Å². The van der Waals surface area contributed by atoms with Gasteiger partial charge in [-0.3, -0.25) is 5.10 Å². The van der Waals surface area contributed by atoms with Crippen molar-refractivity contribution in [3.8, 4) is 0 Å². The van der Waals surface area contributed by atoms with E-state index in [1.54, 1.807) is 0 Å². The molecule has 0 saturated heterocycles. The lowest BCUT2D eigenvalue weighted by atomic mass is 9.87. The first-order valence-electron chi connectivity index (χ1n) is 5.32. The summed E-state index contributed by atoms with van der Waals surface area (Å²) in [5, 5.41) is 7.03. The van der Waals surface area contributed by atoms with Gasteiger partial charge in [0.15, 0.2) is 4.77 Å². The van der Waals surface area contributed by atoms with Gasteiger partial charge < -0.3 is 4.57 Å². The summed E-state index contributed by atoms with van der Waals surface area (Å²) in [6, 6.07) is 0.574. The molecule has 78 valence electrons. The largest absolute Gasteiger partial charge is 0.301 e. The lowest BCUT2D eigenvalue weighted by molar-refractivity contribution is 0.277. The van der Waals surface area contributed by atoms with E-state index in [9.17, 15) is 0 Å². The van der Waals surface area contributed by atoms with Crippen LogP contribution in [0.1, 0.15) is 44.5 Å². The molecule has 1 heterocycles. The van der Waals surface area contributed by atoms with Crippen LogP contribution < -0.4 is 0 Å². The number of hydrogen-bond acceptors (Lipinski definition) is 2. The zero-order chi connectivity index (χ0) is 10.1. The molecule has 2 atom stereocenters. The standard InChI is InChI=1S/C10H17N3S/c1-7-4-3-5-9(6-7)13-8(2)11-12-10(13)14/h7,9H,3-6H2,1-2H3,(H,12,14)/t7-,9+/m1/s1. The first-order valence-corrected chi connectivity index (χ1v) is 5.73. The summed E-state index contributed by atoms with van der Waals surface area (Å²) >= 11 is 5.24. The summed E-state index contributed by atoms with van der Waals surface area (Å²) in [5.74, 6) is 1.85. The zero-order valence-electron chi connectivity index (χ0n) is 8.79. The molecule has 0 amide bonds. The smallest absolute Gasteiger partial charge is 0.195 e. The molecule has 1 fully saturated rings. The number of rotatable bonds is 1. The van der Waals surface area contributed by atoms with Crippen molar-refractivity contribution in [1.82, 2.24) is 14.8 Å². The second-order valence-electron chi connectivity index (χ2n) is 4.37. The second kappa shape index (κ2) is 3.85. The Kier molecular flexibility index (Phi) is 2.72. The molecule has 1 aromatic heterocycles. The van der Waals surface area contributed by atoms with Gasteiger partial charge in [-0.1, -0.05) is 19.8 Å². The maximum atomic E-state index is 5.24. The molecule has 0 spiro atoms. The third-order valence-corrected chi connectivity index (χ3v) is 3.44. The molecule has 4 heteroatoms. The fourth-order valence-corrected chi connectivity index (χ4v) is 2.78. The van der Waals surface area contributed by atoms with Crippen molar-refractivity contribution in [2.75, 3.05) is 0 Å². The van der Waals surface area contributed by atoms with Crippen LogP contribution in [-0.4, -0.2) is 14.8 Å². The Bertz CT molecular complexity index is 366. The van der Waals surface area contributed by atoms with Gasteiger partial charge >= 0.3 is 0 Å². The van der Waals surface area contributed by atoms with Gasteiger partial charge in [0.1, 0.15) is 5.82 Å². The number of H-pyrrole nitrogens is 1. The SMILES string of the molecule is Cc1n[nH]c(=S)n1[C@H]1CCC[C@@H](C)C1. The van der Waals surface area contributed by atoms with Crippen LogP contribution in [-0.2, 0) is 0 Å². The van der Waals surface area contributed by atoms with E-state index in [0.717, 1.165) is 16.5 Å². The second-order valence-corrected chi connectivity index (χ2v) is 4.76. The highest BCUT2D eigenvalue weighted by molar-refractivity contribution is 7.71. The van der Waals surface area contributed by atoms with Gasteiger partial charge in [-0.05, 0) is 37.9 Å². The van der Waals surface area contributed by atoms with E-state index in [-0.39, 0.29) is 0 Å². The van der Waals surface area contributed by atoms with Gasteiger partial charge in [-0.2, -0.15) is 5.10 Å². The molecule has 3 nitrogen and oxygen atoms in total. The van der Waals surface area contributed by atoms with E-state index in [4.69, 9.17) is 12.2 Å². The molecule has 0 aromatic carbocycles. The molecule has 0 bridgehead atoms. The number of aryl methyl sites for hydroxylation is 1. The normalized spacial score (nSPS) is 27.9. The Hall–Kier alpha value is -0.640. The summed E-state index contributed by atoms with van der Waals surface area (Å²) in [7, 11) is 0. The average Bonchev–Trinajstić information content (AvgIpc) is 2.46. The predicted octanol–water partition coefficient (Wildman–Crippen LogP) is 3.00. The van der Waals surface area contributed by atoms with Gasteiger partial charge in [-0.15, -0.1) is 0 Å². The summed E-state index contributed by atoms with van der Waals surface area (Å²) in [4.78, 5) is 0. The third-order valence-electron chi connectivity index (χ3n) is 3.15. The Labute approximate surface area is 89.5 Å². The van der Waals surface area contributed by atoms with Crippen molar-refractivity contribution in [3.63, 3.8) is 0 Å². The molecule has 1 saturated carbocycles. The Balaban J connectivity index is 2.26. The fraction of sp³-hybridized carbons (Fsp3) is 0.800. The lowest BCUT2D eigenvalue weighted by Crippen LogP contribution is -2.18. The number of nitrogens with one attached hydrogen (secondary N) is 1. The Morgan fingerprint density at radius 3 is 2.86 bits per heavy atom. The number of aromatic nitrogens is 3. The highest BCUT2D eigenvalue weighted by atomic mass is 32.1. The van der Waals surface area contributed by atoms with E-state index in [1.165, 1.54) is 25.7 Å². The van der Waals surface area contributed by atoms with Crippen LogP contribution in [0.3, 0.4) is 0 Å². The Morgan fingerprint density at radius 2 is 2.29 bits per heavy atom. The van der Waals surface area contributed by atoms with Crippen LogP contribution in [0.4, 0.5) is 0 Å². The van der Waals surface area contributed by atoms with Crippen LogP contribution in [0.25, 0.3) is 0 Å². The van der Waals surface area contributed by atoms with Gasteiger partial charge in [0.25, 0.3) is 0 Å². The molecular formula is C10H17N3S. The molecule has 1 aliphatic carbocycles. The average molecular weight is 211 g/mol. The van der Waals surface area contributed by atoms with Crippen molar-refractivity contribution >= 4 is 12.2 Å². The zero-order valence-corrected chi connectivity index (χ0v) is 9.60. The van der Waals surface area contributed by atoms with Crippen LogP contribution in [0.15, 0.2) is 0 Å². The van der Waals surface area contributed by atoms with E-state index < -0.39 is 0 Å². The topological polar surface area (TPSA) is 33.6 Å². The van der Waals surface area contributed by atoms with E-state index >= 15 is 0 Å². The van der Waals surface area contributed by atoms with E-state index in [1.807, 2.05) is 6.92 Å². The molecule has 1 N–H and O–H groups in total. The summed E-state index contributed by atoms with van der Waals surface area (Å²) in [6.07, 6.45) is 5.17.